The highest BCUT2D eigenvalue weighted by Crippen LogP contribution is 2.49. The Morgan fingerprint density at radius 1 is 1.00 bits per heavy atom. The van der Waals surface area contributed by atoms with Crippen molar-refractivity contribution in [2.45, 2.75) is 50.2 Å². The van der Waals surface area contributed by atoms with Crippen molar-refractivity contribution in [1.82, 2.24) is 0 Å². The third kappa shape index (κ3) is 2.43. The van der Waals surface area contributed by atoms with Gasteiger partial charge >= 0.3 is 0 Å². The van der Waals surface area contributed by atoms with E-state index in [9.17, 15) is 8.42 Å². The smallest absolute Gasteiger partial charge is 0.212 e. The fourth-order valence-corrected chi connectivity index (χ4v) is 4.59. The molecule has 4 heteroatoms. The number of halogens is 1. The molecule has 0 aromatic carbocycles. The van der Waals surface area contributed by atoms with Crippen LogP contribution in [0.5, 0.6) is 0 Å². The molecule has 2 aliphatic rings. The molecule has 2 nitrogen and oxygen atoms in total. The molecule has 2 rings (SSSR count). The summed E-state index contributed by atoms with van der Waals surface area (Å²) in [7, 11) is 2.17. The Bertz CT molecular complexity index is 299. The molecule has 2 fully saturated rings. The highest BCUT2D eigenvalue weighted by Gasteiger charge is 2.47. The van der Waals surface area contributed by atoms with E-state index in [4.69, 9.17) is 10.7 Å². The molecule has 0 heterocycles. The van der Waals surface area contributed by atoms with Crippen molar-refractivity contribution in [1.29, 1.82) is 0 Å². The van der Waals surface area contributed by atoms with E-state index < -0.39 is 9.05 Å². The predicted octanol–water partition coefficient (Wildman–Crippen LogP) is 2.91. The highest BCUT2D eigenvalue weighted by molar-refractivity contribution is 8.14. The van der Waals surface area contributed by atoms with Gasteiger partial charge < -0.3 is 0 Å². The second kappa shape index (κ2) is 4.01. The highest BCUT2D eigenvalue weighted by atomic mass is 35.7. The molecule has 3 atom stereocenters. The normalized spacial score (nSPS) is 39.1. The molecule has 0 aliphatic heterocycles. The fraction of sp³-hybridized carbons (Fsp3) is 1.00. The average molecular weight is 237 g/mol. The van der Waals surface area contributed by atoms with Gasteiger partial charge in [0.25, 0.3) is 0 Å². The zero-order valence-electron chi connectivity index (χ0n) is 8.28. The van der Waals surface area contributed by atoms with E-state index in [1.807, 2.05) is 0 Å². The van der Waals surface area contributed by atoms with Crippen LogP contribution < -0.4 is 0 Å². The minimum Gasteiger partial charge on any atom is -0.212 e. The van der Waals surface area contributed by atoms with Gasteiger partial charge in [0, 0.05) is 10.7 Å². The van der Waals surface area contributed by atoms with Crippen LogP contribution in [0.15, 0.2) is 0 Å². The molecule has 0 spiro atoms. The summed E-state index contributed by atoms with van der Waals surface area (Å²) < 4.78 is 22.7. The zero-order chi connectivity index (χ0) is 10.2. The molecule has 0 bridgehead atoms. The summed E-state index contributed by atoms with van der Waals surface area (Å²) in [5.74, 6) is 1.04. The van der Waals surface area contributed by atoms with Crippen LogP contribution in [0.3, 0.4) is 0 Å². The first-order valence-corrected chi connectivity index (χ1v) is 7.90. The van der Waals surface area contributed by atoms with Gasteiger partial charge in [-0.3, -0.25) is 0 Å². The van der Waals surface area contributed by atoms with Crippen LogP contribution in [0.4, 0.5) is 0 Å². The largest absolute Gasteiger partial charge is 0.235 e. The van der Waals surface area contributed by atoms with Crippen molar-refractivity contribution in [3.05, 3.63) is 0 Å². The molecule has 0 saturated heterocycles. The molecule has 14 heavy (non-hydrogen) atoms. The molecule has 2 saturated carbocycles. The minimum absolute atomic E-state index is 0.243. The molecule has 0 aromatic rings. The maximum absolute atomic E-state index is 11.4. The number of hydrogen-bond acceptors (Lipinski definition) is 2. The van der Waals surface area contributed by atoms with E-state index in [-0.39, 0.29) is 5.25 Å². The number of fused-ring (bicyclic) bond motifs is 1. The van der Waals surface area contributed by atoms with E-state index in [0.717, 1.165) is 19.3 Å². The van der Waals surface area contributed by atoms with Crippen LogP contribution in [-0.2, 0) is 9.05 Å². The molecule has 82 valence electrons. The standard InChI is InChI=1S/C10H17ClO2S/c11-14(12,13)10-6-4-2-1-3-5-8-7-9(8)10/h8-10H,1-7H2. The van der Waals surface area contributed by atoms with Gasteiger partial charge in [-0.1, -0.05) is 32.1 Å². The lowest BCUT2D eigenvalue weighted by molar-refractivity contribution is 0.545. The van der Waals surface area contributed by atoms with Crippen molar-refractivity contribution in [2.24, 2.45) is 11.8 Å². The Hall–Kier alpha value is 0.240. The second-order valence-corrected chi connectivity index (χ2v) is 7.51. The van der Waals surface area contributed by atoms with Crippen molar-refractivity contribution >= 4 is 19.7 Å². The summed E-state index contributed by atoms with van der Waals surface area (Å²) in [6.45, 7) is 0. The lowest BCUT2D eigenvalue weighted by Crippen LogP contribution is -2.19. The lowest BCUT2D eigenvalue weighted by atomic mass is 10.1. The number of hydrogen-bond donors (Lipinski definition) is 0. The molecular formula is C10H17ClO2S. The Morgan fingerprint density at radius 2 is 1.64 bits per heavy atom. The first kappa shape index (κ1) is 10.7. The van der Waals surface area contributed by atoms with Gasteiger partial charge in [-0.05, 0) is 24.7 Å². The van der Waals surface area contributed by atoms with Gasteiger partial charge in [-0.2, -0.15) is 0 Å². The van der Waals surface area contributed by atoms with Crippen LogP contribution in [0.25, 0.3) is 0 Å². The molecular weight excluding hydrogens is 220 g/mol. The van der Waals surface area contributed by atoms with Gasteiger partial charge in [-0.15, -0.1) is 0 Å². The topological polar surface area (TPSA) is 34.1 Å². The summed E-state index contributed by atoms with van der Waals surface area (Å²) in [6.07, 6.45) is 7.83. The molecule has 0 amide bonds. The van der Waals surface area contributed by atoms with E-state index in [1.54, 1.807) is 0 Å². The van der Waals surface area contributed by atoms with Crippen LogP contribution in [0.1, 0.15) is 44.9 Å². The van der Waals surface area contributed by atoms with Crippen LogP contribution in [-0.4, -0.2) is 13.7 Å². The monoisotopic (exact) mass is 236 g/mol. The number of rotatable bonds is 1. The summed E-state index contributed by atoms with van der Waals surface area (Å²) in [6, 6.07) is 0. The molecule has 0 aromatic heterocycles. The first-order chi connectivity index (χ1) is 6.59. The van der Waals surface area contributed by atoms with E-state index >= 15 is 0 Å². The minimum atomic E-state index is -3.32. The summed E-state index contributed by atoms with van der Waals surface area (Å²) in [4.78, 5) is 0. The van der Waals surface area contributed by atoms with Gasteiger partial charge in [-0.25, -0.2) is 8.42 Å². The van der Waals surface area contributed by atoms with Crippen molar-refractivity contribution in [2.75, 3.05) is 0 Å². The van der Waals surface area contributed by atoms with Crippen molar-refractivity contribution in [3.8, 4) is 0 Å². The van der Waals surface area contributed by atoms with E-state index in [0.29, 0.717) is 11.8 Å². The maximum Gasteiger partial charge on any atom is 0.235 e. The first-order valence-electron chi connectivity index (χ1n) is 5.52. The van der Waals surface area contributed by atoms with Gasteiger partial charge in [0.2, 0.25) is 9.05 Å². The Balaban J connectivity index is 2.06. The van der Waals surface area contributed by atoms with Crippen LogP contribution in [0, 0.1) is 11.8 Å². The predicted molar refractivity (Wildman–Crippen MR) is 57.9 cm³/mol. The average Bonchev–Trinajstić information content (AvgIpc) is 2.79. The van der Waals surface area contributed by atoms with Crippen LogP contribution >= 0.6 is 10.7 Å². The quantitative estimate of drug-likeness (QED) is 0.656. The third-order valence-electron chi connectivity index (χ3n) is 3.63. The van der Waals surface area contributed by atoms with E-state index in [2.05, 4.69) is 0 Å². The zero-order valence-corrected chi connectivity index (χ0v) is 9.86. The van der Waals surface area contributed by atoms with E-state index in [1.165, 1.54) is 25.7 Å². The molecule has 0 N–H and O–H groups in total. The second-order valence-electron chi connectivity index (χ2n) is 4.67. The van der Waals surface area contributed by atoms with Crippen LogP contribution in [0.2, 0.25) is 0 Å². The summed E-state index contributed by atoms with van der Waals surface area (Å²) in [5.41, 5.74) is 0. The van der Waals surface area contributed by atoms with Gasteiger partial charge in [0.1, 0.15) is 0 Å². The van der Waals surface area contributed by atoms with Crippen molar-refractivity contribution < 1.29 is 8.42 Å². The lowest BCUT2D eigenvalue weighted by Gasteiger charge is -2.11. The Kier molecular flexibility index (Phi) is 3.08. The van der Waals surface area contributed by atoms with Gasteiger partial charge in [0.15, 0.2) is 0 Å². The van der Waals surface area contributed by atoms with Gasteiger partial charge in [0.05, 0.1) is 5.25 Å². The molecule has 3 unspecified atom stereocenters. The Labute approximate surface area is 90.4 Å². The SMILES string of the molecule is O=S(=O)(Cl)C1CCCCCCC2CC21. The third-order valence-corrected chi connectivity index (χ3v) is 5.63. The summed E-state index contributed by atoms with van der Waals surface area (Å²) >= 11 is 0. The molecule has 2 aliphatic carbocycles. The fourth-order valence-electron chi connectivity index (χ4n) is 2.73. The Morgan fingerprint density at radius 3 is 2.29 bits per heavy atom. The van der Waals surface area contributed by atoms with Crippen molar-refractivity contribution in [3.63, 3.8) is 0 Å². The summed E-state index contributed by atoms with van der Waals surface area (Å²) in [5, 5.41) is -0.243. The molecule has 0 radical (unpaired) electrons. The maximum atomic E-state index is 11.4.